The van der Waals surface area contributed by atoms with Gasteiger partial charge in [-0.3, -0.25) is 0 Å². The van der Waals surface area contributed by atoms with Crippen LogP contribution in [0.3, 0.4) is 0 Å². The van der Waals surface area contributed by atoms with Gasteiger partial charge in [-0.2, -0.15) is 0 Å². The van der Waals surface area contributed by atoms with Gasteiger partial charge in [0.15, 0.2) is 4.99 Å². The fourth-order valence-electron chi connectivity index (χ4n) is 0.587. The van der Waals surface area contributed by atoms with Crippen molar-refractivity contribution in [2.75, 3.05) is 5.75 Å². The van der Waals surface area contributed by atoms with E-state index < -0.39 is 0 Å². The van der Waals surface area contributed by atoms with Crippen molar-refractivity contribution in [3.63, 3.8) is 0 Å². The van der Waals surface area contributed by atoms with Gasteiger partial charge in [0.05, 0.1) is 10.8 Å². The fraction of sp³-hybridized carbons (Fsp3) is 0.143. The van der Waals surface area contributed by atoms with Gasteiger partial charge in [0.1, 0.15) is 0 Å². The van der Waals surface area contributed by atoms with E-state index in [1.54, 1.807) is 18.0 Å². The molecule has 0 bridgehead atoms. The van der Waals surface area contributed by atoms with Gasteiger partial charge in [-0.15, -0.1) is 0 Å². The van der Waals surface area contributed by atoms with E-state index in [-0.39, 0.29) is 12.4 Å². The van der Waals surface area contributed by atoms with Crippen molar-refractivity contribution in [1.29, 1.82) is 0 Å². The molecule has 0 radical (unpaired) electrons. The second kappa shape index (κ2) is 6.37. The number of hydrogen-bond acceptors (Lipinski definition) is 3. The van der Waals surface area contributed by atoms with Gasteiger partial charge in [0.2, 0.25) is 0 Å². The van der Waals surface area contributed by atoms with Gasteiger partial charge in [-0.05, 0) is 24.4 Å². The molecule has 0 saturated heterocycles. The van der Waals surface area contributed by atoms with Crippen LogP contribution in [0.1, 0.15) is 0 Å². The van der Waals surface area contributed by atoms with E-state index in [1.807, 2.05) is 18.2 Å². The zero-order chi connectivity index (χ0) is 8.10. The second-order valence-electron chi connectivity index (χ2n) is 2.00. The maximum atomic E-state index is 4.83. The first-order chi connectivity index (χ1) is 5.29. The maximum absolute atomic E-state index is 4.83. The predicted molar refractivity (Wildman–Crippen MR) is 50.4 cm³/mol. The lowest BCUT2D eigenvalue weighted by atomic mass is 10.5. The maximum Gasteiger partial charge on any atom is 0.179 e. The Morgan fingerprint density at radius 3 is 2.83 bits per heavy atom. The molecule has 0 saturated carbocycles. The zero-order valence-electron chi connectivity index (χ0n) is 6.37. The van der Waals surface area contributed by atoms with Crippen LogP contribution in [-0.4, -0.2) is 15.7 Å². The van der Waals surface area contributed by atoms with Crippen molar-refractivity contribution in [2.24, 2.45) is 0 Å². The number of quaternary nitrogens is 1. The van der Waals surface area contributed by atoms with Crippen molar-refractivity contribution in [1.82, 2.24) is 4.98 Å². The fourth-order valence-corrected chi connectivity index (χ4v) is 1.38. The van der Waals surface area contributed by atoms with Crippen LogP contribution in [0.4, 0.5) is 0 Å². The van der Waals surface area contributed by atoms with E-state index >= 15 is 0 Å². The van der Waals surface area contributed by atoms with E-state index in [0.29, 0.717) is 0 Å². The summed E-state index contributed by atoms with van der Waals surface area (Å²) < 4.78 is 0. The van der Waals surface area contributed by atoms with Gasteiger partial charge in [0.25, 0.3) is 0 Å². The Morgan fingerprint density at radius 1 is 1.58 bits per heavy atom. The summed E-state index contributed by atoms with van der Waals surface area (Å²) in [4.78, 5) is 4.89. The molecule has 1 heterocycles. The number of aromatic nitrogens is 1. The summed E-state index contributed by atoms with van der Waals surface area (Å²) in [5, 5.41) is 0.999. The first-order valence-corrected chi connectivity index (χ1v) is 4.57. The molecule has 0 unspecified atom stereocenters. The highest BCUT2D eigenvalue weighted by Gasteiger charge is 1.96. The number of hydrogen-bond donors (Lipinski definition) is 1. The molecule has 0 aliphatic rings. The molecule has 3 N–H and O–H groups in total. The van der Waals surface area contributed by atoms with Crippen molar-refractivity contribution in [3.05, 3.63) is 24.4 Å². The first kappa shape index (κ1) is 11.8. The molecule has 0 aliphatic heterocycles. The molecule has 1 aromatic heterocycles. The largest absolute Gasteiger partial charge is 1.00 e. The summed E-state index contributed by atoms with van der Waals surface area (Å²) in [5.41, 5.74) is 3.64. The minimum absolute atomic E-state index is 0. The molecule has 66 valence electrons. The average Bonchev–Trinajstić information content (AvgIpc) is 2.03. The highest BCUT2D eigenvalue weighted by Crippen LogP contribution is 2.12. The quantitative estimate of drug-likeness (QED) is 0.462. The minimum Gasteiger partial charge on any atom is -1.00 e. The van der Waals surface area contributed by atoms with Crippen LogP contribution in [0.25, 0.3) is 0 Å². The Bertz CT molecular complexity index is 240. The molecule has 0 amide bonds. The van der Waals surface area contributed by atoms with Crippen molar-refractivity contribution < 1.29 is 18.1 Å². The minimum atomic E-state index is 0. The lowest BCUT2D eigenvalue weighted by Gasteiger charge is -1.94. The highest BCUT2D eigenvalue weighted by molar-refractivity contribution is 8.00. The average molecular weight is 221 g/mol. The Labute approximate surface area is 87.4 Å². The smallest absolute Gasteiger partial charge is 0.179 e. The Morgan fingerprint density at radius 2 is 2.33 bits per heavy atom. The van der Waals surface area contributed by atoms with Crippen LogP contribution in [0.15, 0.2) is 29.4 Å². The van der Waals surface area contributed by atoms with Crippen LogP contribution in [0.5, 0.6) is 0 Å². The van der Waals surface area contributed by atoms with Crippen molar-refractivity contribution in [2.45, 2.75) is 5.03 Å². The van der Waals surface area contributed by atoms with Crippen LogP contribution in [0.2, 0.25) is 0 Å². The number of pyridine rings is 1. The van der Waals surface area contributed by atoms with Gasteiger partial charge >= 0.3 is 0 Å². The molecule has 5 heteroatoms. The summed E-state index contributed by atoms with van der Waals surface area (Å²) in [6, 6.07) is 5.82. The molecule has 12 heavy (non-hydrogen) atoms. The number of halogens is 1. The van der Waals surface area contributed by atoms with E-state index in [4.69, 9.17) is 12.2 Å². The van der Waals surface area contributed by atoms with E-state index in [9.17, 15) is 0 Å². The summed E-state index contributed by atoms with van der Waals surface area (Å²) >= 11 is 6.45. The third-order valence-corrected chi connectivity index (χ3v) is 2.38. The summed E-state index contributed by atoms with van der Waals surface area (Å²) in [6.07, 6.45) is 1.77. The lowest BCUT2D eigenvalue weighted by molar-refractivity contribution is -0.208. The van der Waals surface area contributed by atoms with Crippen LogP contribution in [0, 0.1) is 0 Å². The van der Waals surface area contributed by atoms with Crippen molar-refractivity contribution >= 4 is 29.0 Å². The molecular formula is C7H9ClN2S2. The molecule has 1 aromatic rings. The highest BCUT2D eigenvalue weighted by atomic mass is 35.5. The van der Waals surface area contributed by atoms with Gasteiger partial charge in [-0.1, -0.05) is 17.8 Å². The van der Waals surface area contributed by atoms with Gasteiger partial charge in [-0.25, -0.2) is 4.98 Å². The summed E-state index contributed by atoms with van der Waals surface area (Å²) in [7, 11) is 0. The van der Waals surface area contributed by atoms with E-state index in [1.165, 1.54) is 0 Å². The summed E-state index contributed by atoms with van der Waals surface area (Å²) in [6.45, 7) is 0. The monoisotopic (exact) mass is 220 g/mol. The lowest BCUT2D eigenvalue weighted by Crippen LogP contribution is -3.00. The molecular weight excluding hydrogens is 212 g/mol. The van der Waals surface area contributed by atoms with Crippen molar-refractivity contribution in [3.8, 4) is 0 Å². The molecule has 0 spiro atoms. The second-order valence-corrected chi connectivity index (χ2v) is 3.57. The third-order valence-electron chi connectivity index (χ3n) is 1.02. The van der Waals surface area contributed by atoms with Crippen LogP contribution >= 0.6 is 24.0 Å². The van der Waals surface area contributed by atoms with Gasteiger partial charge in [0, 0.05) is 6.20 Å². The first-order valence-electron chi connectivity index (χ1n) is 3.17. The van der Waals surface area contributed by atoms with Gasteiger partial charge < -0.3 is 18.1 Å². The van der Waals surface area contributed by atoms with Crippen LogP contribution in [-0.2, 0) is 0 Å². The van der Waals surface area contributed by atoms with Crippen LogP contribution < -0.4 is 18.1 Å². The summed E-state index contributed by atoms with van der Waals surface area (Å²) in [5.74, 6) is 0.770. The Hall–Kier alpha value is -0.160. The molecule has 2 nitrogen and oxygen atoms in total. The topological polar surface area (TPSA) is 40.5 Å². The molecule has 0 atom stereocenters. The Kier molecular flexibility index (Phi) is 6.28. The van der Waals surface area contributed by atoms with E-state index in [0.717, 1.165) is 15.8 Å². The number of thioether (sulfide) groups is 1. The third kappa shape index (κ3) is 4.66. The van der Waals surface area contributed by atoms with E-state index in [2.05, 4.69) is 10.7 Å². The predicted octanol–water partition coefficient (Wildman–Crippen LogP) is -2.25. The number of nitrogens with zero attached hydrogens (tertiary/aromatic N) is 1. The zero-order valence-corrected chi connectivity index (χ0v) is 8.75. The molecule has 0 fully saturated rings. The molecule has 1 rings (SSSR count). The molecule has 0 aromatic carbocycles. The molecule has 0 aliphatic carbocycles. The number of thiocarbonyl (C=S) groups is 1. The SMILES string of the molecule is [Cl-].[NH3+]C(=S)CSc1ccccn1. The number of rotatable bonds is 3. The normalized spacial score (nSPS) is 8.75. The standard InChI is InChI=1S/C7H8N2S2.ClH/c8-6(10)5-11-7-3-1-2-4-9-7;/h1-4H,5H2,(H2,8,10);1H. The Balaban J connectivity index is 0.00000121.